The van der Waals surface area contributed by atoms with Crippen LogP contribution in [0.1, 0.15) is 13.8 Å². The van der Waals surface area contributed by atoms with Crippen molar-refractivity contribution >= 4 is 57.9 Å². The maximum absolute atomic E-state index is 4.98. The van der Waals surface area contributed by atoms with Crippen molar-refractivity contribution in [2.75, 3.05) is 12.4 Å². The summed E-state index contributed by atoms with van der Waals surface area (Å²) in [7, 11) is 0. The minimum atomic E-state index is 0. The minimum absolute atomic E-state index is 0. The van der Waals surface area contributed by atoms with E-state index in [-0.39, 0.29) is 46.0 Å². The number of thioether (sulfide) groups is 1. The second-order valence-electron chi connectivity index (χ2n) is 1.12. The van der Waals surface area contributed by atoms with Crippen LogP contribution in [0.2, 0.25) is 0 Å². The Morgan fingerprint density at radius 2 is 1.67 bits per heavy atom. The second kappa shape index (κ2) is 22.7. The Balaban J connectivity index is -0.0000000408. The van der Waals surface area contributed by atoms with E-state index in [0.717, 1.165) is 5.75 Å². The molecule has 0 spiro atoms. The van der Waals surface area contributed by atoms with Gasteiger partial charge in [-0.25, -0.2) is 0 Å². The molecule has 0 amide bonds. The average Bonchev–Trinajstić information content (AvgIpc) is 1.68. The maximum atomic E-state index is 4.98. The van der Waals surface area contributed by atoms with Gasteiger partial charge < -0.3 is 21.2 Å². The quantitative estimate of drug-likeness (QED) is 0.456. The third-order valence-electron chi connectivity index (χ3n) is 0.524. The van der Waals surface area contributed by atoms with Crippen molar-refractivity contribution in [3.8, 4) is 0 Å². The van der Waals surface area contributed by atoms with Crippen LogP contribution in [0.5, 0.6) is 0 Å². The molecular formula is C5H16NaO4S2. The summed E-state index contributed by atoms with van der Waals surface area (Å²) in [5, 5.41) is 0. The molecule has 0 saturated carbocycles. The second-order valence-corrected chi connectivity index (χ2v) is 2.98. The molecule has 0 fully saturated rings. The van der Waals surface area contributed by atoms with Crippen LogP contribution in [0.3, 0.4) is 0 Å². The zero-order valence-electron chi connectivity index (χ0n) is 7.64. The van der Waals surface area contributed by atoms with E-state index >= 15 is 0 Å². The zero-order valence-corrected chi connectivity index (χ0v) is 11.3. The Hall–Kier alpha value is 1.12. The fourth-order valence-electron chi connectivity index (χ4n) is 0.277. The summed E-state index contributed by atoms with van der Waals surface area (Å²) >= 11 is 6.36. The monoisotopic (exact) mass is 227 g/mol. The van der Waals surface area contributed by atoms with Crippen LogP contribution in [0.4, 0.5) is 0 Å². The normalized spacial score (nSPS) is 5.83. The largest absolute Gasteiger partial charge is 0.479 e. The Morgan fingerprint density at radius 3 is 1.92 bits per heavy atom. The molecule has 0 aromatic heterocycles. The van der Waals surface area contributed by atoms with Gasteiger partial charge in [0.05, 0.1) is 6.61 Å². The third kappa shape index (κ3) is 22.5. The topological polar surface area (TPSA) is 104 Å². The van der Waals surface area contributed by atoms with Crippen LogP contribution in [0, 0.1) is 0 Å². The van der Waals surface area contributed by atoms with Gasteiger partial charge in [0.2, 0.25) is 4.38 Å². The molecule has 0 aromatic carbocycles. The summed E-state index contributed by atoms with van der Waals surface area (Å²) in [6.45, 7) is 4.67. The molecule has 0 aliphatic heterocycles. The maximum Gasteiger partial charge on any atom is 0.219 e. The van der Waals surface area contributed by atoms with Gasteiger partial charge in [-0.2, -0.15) is 0 Å². The number of rotatable bonds is 2. The van der Waals surface area contributed by atoms with Gasteiger partial charge in [0.1, 0.15) is 0 Å². The molecule has 12 heavy (non-hydrogen) atoms. The Bertz CT molecular complexity index is 75.8. The van der Waals surface area contributed by atoms with Crippen molar-refractivity contribution in [3.63, 3.8) is 0 Å². The number of hydrogen-bond acceptors (Lipinski definition) is 3. The molecule has 4 nitrogen and oxygen atoms in total. The van der Waals surface area contributed by atoms with Crippen LogP contribution in [0.15, 0.2) is 0 Å². The molecular weight excluding hydrogens is 211 g/mol. The van der Waals surface area contributed by atoms with Gasteiger partial charge in [-0.05, 0) is 24.9 Å². The first-order valence-corrected chi connectivity index (χ1v) is 4.00. The number of thiocarbonyl (C=S) groups is 1. The van der Waals surface area contributed by atoms with Crippen molar-refractivity contribution in [1.29, 1.82) is 0 Å². The van der Waals surface area contributed by atoms with E-state index in [1.54, 1.807) is 11.8 Å². The summed E-state index contributed by atoms with van der Waals surface area (Å²) in [6, 6.07) is 0. The van der Waals surface area contributed by atoms with E-state index in [9.17, 15) is 0 Å². The van der Waals surface area contributed by atoms with Crippen molar-refractivity contribution in [2.45, 2.75) is 13.8 Å². The molecule has 0 rings (SSSR count). The molecule has 7 heteroatoms. The van der Waals surface area contributed by atoms with Gasteiger partial charge in [-0.15, -0.1) is 0 Å². The summed E-state index contributed by atoms with van der Waals surface area (Å²) < 4.78 is 5.64. The molecule has 73 valence electrons. The Kier molecular flexibility index (Phi) is 55.4. The summed E-state index contributed by atoms with van der Waals surface area (Å²) in [6.07, 6.45) is 0. The SMILES string of the molecule is CCOC(=S)SCC.O.O.O.[Na]. The number of ether oxygens (including phenoxy) is 1. The molecule has 0 aliphatic rings. The van der Waals surface area contributed by atoms with Crippen molar-refractivity contribution in [2.24, 2.45) is 0 Å². The van der Waals surface area contributed by atoms with Crippen LogP contribution in [-0.4, -0.2) is 62.7 Å². The van der Waals surface area contributed by atoms with Crippen molar-refractivity contribution in [1.82, 2.24) is 0 Å². The third-order valence-corrected chi connectivity index (χ3v) is 1.64. The predicted octanol–water partition coefficient (Wildman–Crippen LogP) is -0.794. The van der Waals surface area contributed by atoms with Crippen LogP contribution >= 0.6 is 24.0 Å². The summed E-state index contributed by atoms with van der Waals surface area (Å²) in [4.78, 5) is 0. The van der Waals surface area contributed by atoms with Gasteiger partial charge in [-0.1, -0.05) is 18.7 Å². The predicted molar refractivity (Wildman–Crippen MR) is 59.0 cm³/mol. The van der Waals surface area contributed by atoms with E-state index in [1.165, 1.54) is 0 Å². The van der Waals surface area contributed by atoms with Crippen LogP contribution in [-0.2, 0) is 4.74 Å². The molecule has 6 N–H and O–H groups in total. The van der Waals surface area contributed by atoms with E-state index in [4.69, 9.17) is 17.0 Å². The first-order valence-electron chi connectivity index (χ1n) is 2.60. The first-order chi connectivity index (χ1) is 3.81. The smallest absolute Gasteiger partial charge is 0.219 e. The van der Waals surface area contributed by atoms with Gasteiger partial charge in [0, 0.05) is 29.6 Å². The molecule has 0 saturated heterocycles. The van der Waals surface area contributed by atoms with Crippen molar-refractivity contribution < 1.29 is 21.2 Å². The van der Waals surface area contributed by atoms with Crippen LogP contribution in [0.25, 0.3) is 0 Å². The van der Waals surface area contributed by atoms with E-state index in [0.29, 0.717) is 11.0 Å². The molecule has 0 unspecified atom stereocenters. The van der Waals surface area contributed by atoms with Gasteiger partial charge in [-0.3, -0.25) is 0 Å². The van der Waals surface area contributed by atoms with Crippen LogP contribution < -0.4 is 0 Å². The van der Waals surface area contributed by atoms with Gasteiger partial charge >= 0.3 is 0 Å². The standard InChI is InChI=1S/C5H10OS2.Na.3H2O/c1-3-6-5(7)8-4-2;;;;/h3-4H2,1-2H3;;3*1H2. The molecule has 0 atom stereocenters. The zero-order chi connectivity index (χ0) is 6.41. The molecule has 0 heterocycles. The van der Waals surface area contributed by atoms with E-state index in [2.05, 4.69) is 6.92 Å². The molecule has 1 radical (unpaired) electrons. The van der Waals surface area contributed by atoms with Crippen molar-refractivity contribution in [3.05, 3.63) is 0 Å². The van der Waals surface area contributed by atoms with E-state index in [1.807, 2.05) is 6.92 Å². The average molecular weight is 227 g/mol. The molecule has 0 aliphatic carbocycles. The summed E-state index contributed by atoms with van der Waals surface area (Å²) in [5.41, 5.74) is 0. The Morgan fingerprint density at radius 1 is 1.25 bits per heavy atom. The minimum Gasteiger partial charge on any atom is -0.479 e. The number of hydrogen-bond donors (Lipinski definition) is 0. The summed E-state index contributed by atoms with van der Waals surface area (Å²) in [5.74, 6) is 0.999. The molecule has 0 bridgehead atoms. The Labute approximate surface area is 105 Å². The van der Waals surface area contributed by atoms with E-state index < -0.39 is 0 Å². The first kappa shape index (κ1) is 29.2. The fourth-order valence-corrected chi connectivity index (χ4v) is 1.19. The van der Waals surface area contributed by atoms with Gasteiger partial charge in [0.15, 0.2) is 0 Å². The molecule has 0 aromatic rings. The van der Waals surface area contributed by atoms with Gasteiger partial charge in [0.25, 0.3) is 0 Å². The fraction of sp³-hybridized carbons (Fsp3) is 0.800.